The fraction of sp³-hybridized carbons (Fsp3) is 0.250. The molecule has 1 spiro atoms. The summed E-state index contributed by atoms with van der Waals surface area (Å²) in [4.78, 5) is 0. The monoisotopic (exact) mass is 423 g/mol. The third-order valence-electron chi connectivity index (χ3n) is 5.71. The van der Waals surface area contributed by atoms with E-state index in [1.165, 1.54) is 0 Å². The Morgan fingerprint density at radius 3 is 1.73 bits per heavy atom. The van der Waals surface area contributed by atoms with E-state index in [-0.39, 0.29) is 0 Å². The fourth-order valence-electron chi connectivity index (χ4n) is 4.35. The molecule has 0 amide bonds. The second-order valence-corrected chi connectivity index (χ2v) is 10.8. The molecule has 2 aliphatic heterocycles. The molecule has 3 aromatic carbocycles. The van der Waals surface area contributed by atoms with Crippen LogP contribution in [0.3, 0.4) is 0 Å². The maximum absolute atomic E-state index is 6.87. The van der Waals surface area contributed by atoms with E-state index in [1.807, 2.05) is 72.8 Å². The summed E-state index contributed by atoms with van der Waals surface area (Å²) >= 11 is 0. The molecule has 2 heterocycles. The molecule has 5 rings (SSSR count). The van der Waals surface area contributed by atoms with Gasteiger partial charge in [-0.05, 0) is 0 Å². The number of hydrogen-bond donors (Lipinski definition) is 0. The SMILES string of the molecule is CCN(CC)P12(Oc3ccccc3O1)O[C@H](c1ccccc1)O[C@H]2c1ccccc1. The first kappa shape index (κ1) is 19.5. The van der Waals surface area contributed by atoms with Gasteiger partial charge in [-0.1, -0.05) is 0 Å². The first-order valence-corrected chi connectivity index (χ1v) is 12.4. The van der Waals surface area contributed by atoms with Gasteiger partial charge in [0.2, 0.25) is 0 Å². The van der Waals surface area contributed by atoms with Crippen LogP contribution in [-0.4, -0.2) is 17.8 Å². The number of nitrogens with zero attached hydrogens (tertiary/aromatic N) is 1. The molecule has 5 nitrogen and oxygen atoms in total. The Morgan fingerprint density at radius 1 is 0.700 bits per heavy atom. The Labute approximate surface area is 177 Å². The van der Waals surface area contributed by atoms with Crippen LogP contribution in [0.4, 0.5) is 0 Å². The van der Waals surface area contributed by atoms with E-state index >= 15 is 0 Å². The standard InChI is InChI=1S/C24H26NO4P/c1-3-25(4-2)30(27-21-17-11-12-18-22(21)28-30)24(20-15-9-6-10-16-20)26-23(29-30)19-13-7-5-8-14-19/h5-18,23-24H,3-4H2,1-2H3/t23-,24-/m1/s1. The molecule has 3 aromatic rings. The van der Waals surface area contributed by atoms with Gasteiger partial charge in [0.25, 0.3) is 0 Å². The van der Waals surface area contributed by atoms with Gasteiger partial charge in [-0.3, -0.25) is 0 Å². The quantitative estimate of drug-likeness (QED) is 0.441. The number of benzene rings is 3. The van der Waals surface area contributed by atoms with Gasteiger partial charge in [0.15, 0.2) is 0 Å². The Morgan fingerprint density at radius 2 is 1.20 bits per heavy atom. The van der Waals surface area contributed by atoms with E-state index in [1.54, 1.807) is 0 Å². The average Bonchev–Trinajstić information content (AvgIpc) is 3.32. The van der Waals surface area contributed by atoms with Crippen molar-refractivity contribution in [2.75, 3.05) is 13.1 Å². The van der Waals surface area contributed by atoms with Crippen LogP contribution in [0.2, 0.25) is 0 Å². The average molecular weight is 423 g/mol. The summed E-state index contributed by atoms with van der Waals surface area (Å²) in [6.07, 6.45) is -0.594. The predicted octanol–water partition coefficient (Wildman–Crippen LogP) is 6.46. The summed E-state index contributed by atoms with van der Waals surface area (Å²) in [5.41, 5.74) is 1.92. The van der Waals surface area contributed by atoms with Crippen molar-refractivity contribution in [2.45, 2.75) is 26.0 Å². The van der Waals surface area contributed by atoms with E-state index in [9.17, 15) is 0 Å². The van der Waals surface area contributed by atoms with Crippen LogP contribution in [-0.2, 0) is 9.26 Å². The number of ether oxygens (including phenoxy) is 1. The Balaban J connectivity index is 1.72. The van der Waals surface area contributed by atoms with Gasteiger partial charge in [-0.25, -0.2) is 0 Å². The van der Waals surface area contributed by atoms with Gasteiger partial charge >= 0.3 is 177 Å². The van der Waals surface area contributed by atoms with Crippen molar-refractivity contribution in [1.29, 1.82) is 0 Å². The molecular weight excluding hydrogens is 397 g/mol. The molecule has 0 aliphatic carbocycles. The van der Waals surface area contributed by atoms with E-state index in [4.69, 9.17) is 18.3 Å². The molecule has 156 valence electrons. The molecule has 1 saturated heterocycles. The van der Waals surface area contributed by atoms with Crippen LogP contribution in [0.25, 0.3) is 0 Å². The van der Waals surface area contributed by atoms with Gasteiger partial charge in [0.1, 0.15) is 0 Å². The molecule has 0 radical (unpaired) electrons. The Bertz CT molecular complexity index is 1000. The second-order valence-electron chi connectivity index (χ2n) is 7.42. The summed E-state index contributed by atoms with van der Waals surface area (Å²) in [5, 5.41) is 0. The summed E-state index contributed by atoms with van der Waals surface area (Å²) in [6.45, 7) is 5.61. The summed E-state index contributed by atoms with van der Waals surface area (Å²) < 4.78 is 29.3. The first-order chi connectivity index (χ1) is 14.7. The van der Waals surface area contributed by atoms with Crippen LogP contribution in [0, 0.1) is 0 Å². The number of para-hydroxylation sites is 2. The number of hydrogen-bond acceptors (Lipinski definition) is 5. The number of rotatable bonds is 5. The summed E-state index contributed by atoms with van der Waals surface area (Å²) in [5.74, 6) is 0.885. The topological polar surface area (TPSA) is 40.2 Å². The van der Waals surface area contributed by atoms with Crippen LogP contribution in [0.5, 0.6) is 11.5 Å². The molecule has 0 unspecified atom stereocenters. The minimum absolute atomic E-state index is 0.505. The van der Waals surface area contributed by atoms with Crippen LogP contribution >= 0.6 is 7.43 Å². The van der Waals surface area contributed by atoms with E-state index in [0.29, 0.717) is 24.6 Å². The van der Waals surface area contributed by atoms with Gasteiger partial charge in [-0.15, -0.1) is 0 Å². The maximum atomic E-state index is 6.87. The van der Waals surface area contributed by atoms with Crippen LogP contribution in [0.1, 0.15) is 37.1 Å². The molecule has 0 bridgehead atoms. The summed E-state index contributed by atoms with van der Waals surface area (Å²) in [7, 11) is -3.97. The van der Waals surface area contributed by atoms with Gasteiger partial charge in [0, 0.05) is 0 Å². The van der Waals surface area contributed by atoms with Crippen LogP contribution in [0.15, 0.2) is 84.9 Å². The number of fused-ring (bicyclic) bond motifs is 1. The zero-order chi connectivity index (χ0) is 20.6. The minimum atomic E-state index is -3.97. The van der Waals surface area contributed by atoms with Crippen molar-refractivity contribution < 1.29 is 18.3 Å². The summed E-state index contributed by atoms with van der Waals surface area (Å²) in [6, 6.07) is 27.9. The van der Waals surface area contributed by atoms with Crippen molar-refractivity contribution in [2.24, 2.45) is 0 Å². The van der Waals surface area contributed by atoms with Crippen LogP contribution < -0.4 is 9.05 Å². The van der Waals surface area contributed by atoms with Crippen molar-refractivity contribution in [3.8, 4) is 11.5 Å². The third-order valence-corrected chi connectivity index (χ3v) is 10.1. The van der Waals surface area contributed by atoms with Crippen molar-refractivity contribution in [3.63, 3.8) is 0 Å². The van der Waals surface area contributed by atoms with E-state index in [2.05, 4.69) is 30.7 Å². The van der Waals surface area contributed by atoms with E-state index in [0.717, 1.165) is 11.1 Å². The molecule has 0 saturated carbocycles. The normalized spacial score (nSPS) is 24.6. The van der Waals surface area contributed by atoms with Gasteiger partial charge < -0.3 is 0 Å². The van der Waals surface area contributed by atoms with Crippen molar-refractivity contribution in [3.05, 3.63) is 96.1 Å². The van der Waals surface area contributed by atoms with Crippen molar-refractivity contribution >= 4 is 7.43 Å². The zero-order valence-corrected chi connectivity index (χ0v) is 18.1. The Kier molecular flexibility index (Phi) is 4.79. The van der Waals surface area contributed by atoms with Gasteiger partial charge in [-0.2, -0.15) is 0 Å². The molecule has 2 aliphatic rings. The first-order valence-electron chi connectivity index (χ1n) is 10.4. The molecule has 30 heavy (non-hydrogen) atoms. The van der Waals surface area contributed by atoms with Gasteiger partial charge in [0.05, 0.1) is 0 Å². The van der Waals surface area contributed by atoms with E-state index < -0.39 is 19.6 Å². The predicted molar refractivity (Wildman–Crippen MR) is 118 cm³/mol. The van der Waals surface area contributed by atoms with Crippen molar-refractivity contribution in [1.82, 2.24) is 4.67 Å². The Hall–Kier alpha value is -2.43. The molecule has 0 N–H and O–H groups in total. The molecule has 6 heteroatoms. The fourth-order valence-corrected chi connectivity index (χ4v) is 8.99. The molecule has 1 fully saturated rings. The molecule has 0 aromatic heterocycles. The molecule has 2 atom stereocenters. The zero-order valence-electron chi connectivity index (χ0n) is 17.2. The molecular formula is C24H26NO4P. The second kappa shape index (κ2) is 7.36. The third kappa shape index (κ3) is 2.78.